The van der Waals surface area contributed by atoms with E-state index in [4.69, 9.17) is 0 Å². The van der Waals surface area contributed by atoms with Gasteiger partial charge in [0.2, 0.25) is 0 Å². The molecule has 0 aromatic rings. The SMILES string of the molecule is CCC1CCCCCCC1.[U]. The Kier molecular flexibility index (Phi) is 8.42. The minimum absolute atomic E-state index is 0. The van der Waals surface area contributed by atoms with Crippen LogP contribution in [0.5, 0.6) is 0 Å². The fourth-order valence-electron chi connectivity index (χ4n) is 1.95. The van der Waals surface area contributed by atoms with Crippen molar-refractivity contribution in [1.29, 1.82) is 0 Å². The van der Waals surface area contributed by atoms with Gasteiger partial charge < -0.3 is 0 Å². The predicted octanol–water partition coefficient (Wildman–Crippen LogP) is 3.76. The Balaban J connectivity index is 0.000001000. The molecule has 1 aliphatic carbocycles. The van der Waals surface area contributed by atoms with E-state index in [9.17, 15) is 0 Å². The molecule has 0 unspecified atom stereocenters. The summed E-state index contributed by atoms with van der Waals surface area (Å²) in [7, 11) is 0. The van der Waals surface area contributed by atoms with Gasteiger partial charge in [-0.05, 0) is 5.92 Å². The summed E-state index contributed by atoms with van der Waals surface area (Å²) in [6.07, 6.45) is 11.9. The summed E-state index contributed by atoms with van der Waals surface area (Å²) >= 11 is 0. The average molecular weight is 378 g/mol. The molecule has 0 bridgehead atoms. The molecule has 0 amide bonds. The summed E-state index contributed by atoms with van der Waals surface area (Å²) in [6, 6.07) is 0. The molecule has 0 atom stereocenters. The number of rotatable bonds is 1. The molecule has 11 heavy (non-hydrogen) atoms. The molecule has 1 fully saturated rings. The van der Waals surface area contributed by atoms with Gasteiger partial charge in [0, 0.05) is 31.1 Å². The van der Waals surface area contributed by atoms with Gasteiger partial charge in [-0.3, -0.25) is 0 Å². The standard InChI is InChI=1S/C10H20.U/c1-2-10-8-6-4-3-5-7-9-10;/h10H,2-9H2,1H3;. The maximum atomic E-state index is 2.34. The molecule has 0 N–H and O–H groups in total. The third-order valence-corrected chi connectivity index (χ3v) is 2.80. The first-order valence-corrected chi connectivity index (χ1v) is 4.93. The zero-order valence-electron chi connectivity index (χ0n) is 7.73. The van der Waals surface area contributed by atoms with Crippen molar-refractivity contribution in [3.63, 3.8) is 0 Å². The molecule has 1 saturated carbocycles. The fraction of sp³-hybridized carbons (Fsp3) is 1.00. The van der Waals surface area contributed by atoms with E-state index < -0.39 is 0 Å². The predicted molar refractivity (Wildman–Crippen MR) is 46.1 cm³/mol. The Hall–Kier alpha value is 1.05. The van der Waals surface area contributed by atoms with Crippen molar-refractivity contribution in [2.45, 2.75) is 58.3 Å². The van der Waals surface area contributed by atoms with Crippen LogP contribution in [0.2, 0.25) is 0 Å². The molecule has 64 valence electrons. The largest absolute Gasteiger partial charge is 0.0651 e. The number of hydrogen-bond acceptors (Lipinski definition) is 0. The fourth-order valence-corrected chi connectivity index (χ4v) is 1.95. The van der Waals surface area contributed by atoms with Gasteiger partial charge in [-0.2, -0.15) is 0 Å². The molecule has 0 nitrogen and oxygen atoms in total. The second-order valence-electron chi connectivity index (χ2n) is 3.62. The van der Waals surface area contributed by atoms with Crippen LogP contribution in [0.15, 0.2) is 0 Å². The minimum atomic E-state index is 0. The van der Waals surface area contributed by atoms with Crippen molar-refractivity contribution in [1.82, 2.24) is 0 Å². The molecule has 0 aromatic carbocycles. The monoisotopic (exact) mass is 378 g/mol. The second kappa shape index (κ2) is 7.69. The van der Waals surface area contributed by atoms with Gasteiger partial charge in [0.05, 0.1) is 0 Å². The van der Waals surface area contributed by atoms with Gasteiger partial charge in [0.1, 0.15) is 0 Å². The van der Waals surface area contributed by atoms with Crippen LogP contribution >= 0.6 is 0 Å². The molecule has 1 rings (SSSR count). The molecule has 0 heterocycles. The molecule has 0 saturated heterocycles. The van der Waals surface area contributed by atoms with Crippen LogP contribution in [0.4, 0.5) is 0 Å². The average Bonchev–Trinajstić information content (AvgIpc) is 1.87. The van der Waals surface area contributed by atoms with E-state index in [1.165, 1.54) is 51.4 Å². The molecule has 1 heteroatoms. The molecular weight excluding hydrogens is 358 g/mol. The molecule has 1 aliphatic rings. The van der Waals surface area contributed by atoms with Crippen LogP contribution in [0.3, 0.4) is 0 Å². The van der Waals surface area contributed by atoms with Crippen LogP contribution in [0.1, 0.15) is 58.3 Å². The van der Waals surface area contributed by atoms with Crippen LogP contribution < -0.4 is 0 Å². The minimum Gasteiger partial charge on any atom is -0.0651 e. The molecular formula is C10H20U. The molecule has 0 radical (unpaired) electrons. The summed E-state index contributed by atoms with van der Waals surface area (Å²) < 4.78 is 0. The smallest absolute Gasteiger partial charge is 0 e. The third kappa shape index (κ3) is 5.32. The zero-order chi connectivity index (χ0) is 7.23. The van der Waals surface area contributed by atoms with Crippen LogP contribution in [0.25, 0.3) is 0 Å². The van der Waals surface area contributed by atoms with Crippen molar-refractivity contribution in [3.05, 3.63) is 0 Å². The van der Waals surface area contributed by atoms with E-state index in [0.717, 1.165) is 5.92 Å². The Morgan fingerprint density at radius 1 is 0.909 bits per heavy atom. The Morgan fingerprint density at radius 3 is 1.82 bits per heavy atom. The van der Waals surface area contributed by atoms with Crippen molar-refractivity contribution >= 4 is 0 Å². The quantitative estimate of drug-likeness (QED) is 0.652. The van der Waals surface area contributed by atoms with Crippen LogP contribution in [-0.2, 0) is 0 Å². The van der Waals surface area contributed by atoms with E-state index in [0.29, 0.717) is 0 Å². The van der Waals surface area contributed by atoms with E-state index in [-0.39, 0.29) is 31.1 Å². The summed E-state index contributed by atoms with van der Waals surface area (Å²) in [5, 5.41) is 0. The zero-order valence-corrected chi connectivity index (χ0v) is 11.9. The van der Waals surface area contributed by atoms with Crippen molar-refractivity contribution in [2.75, 3.05) is 0 Å². The second-order valence-corrected chi connectivity index (χ2v) is 3.62. The van der Waals surface area contributed by atoms with Gasteiger partial charge in [0.25, 0.3) is 0 Å². The maximum Gasteiger partial charge on any atom is 0 e. The maximum absolute atomic E-state index is 2.34. The Labute approximate surface area is 94.9 Å². The third-order valence-electron chi connectivity index (χ3n) is 2.80. The Bertz CT molecular complexity index is 72.9. The van der Waals surface area contributed by atoms with Crippen molar-refractivity contribution < 1.29 is 31.1 Å². The summed E-state index contributed by atoms with van der Waals surface area (Å²) in [5.41, 5.74) is 0. The van der Waals surface area contributed by atoms with Gasteiger partial charge in [-0.1, -0.05) is 58.3 Å². The van der Waals surface area contributed by atoms with E-state index >= 15 is 0 Å². The summed E-state index contributed by atoms with van der Waals surface area (Å²) in [5.74, 6) is 1.07. The number of hydrogen-bond donors (Lipinski definition) is 0. The first-order chi connectivity index (χ1) is 4.93. The first kappa shape index (κ1) is 12.1. The molecule has 0 spiro atoms. The van der Waals surface area contributed by atoms with Gasteiger partial charge >= 0.3 is 0 Å². The van der Waals surface area contributed by atoms with E-state index in [1.54, 1.807) is 0 Å². The van der Waals surface area contributed by atoms with Crippen molar-refractivity contribution in [3.8, 4) is 0 Å². The Morgan fingerprint density at radius 2 is 1.36 bits per heavy atom. The molecule has 0 aliphatic heterocycles. The summed E-state index contributed by atoms with van der Waals surface area (Å²) in [6.45, 7) is 2.34. The van der Waals surface area contributed by atoms with Crippen LogP contribution in [-0.4, -0.2) is 0 Å². The van der Waals surface area contributed by atoms with E-state index in [2.05, 4.69) is 6.92 Å². The molecule has 0 aromatic heterocycles. The van der Waals surface area contributed by atoms with Crippen LogP contribution in [0, 0.1) is 37.0 Å². The van der Waals surface area contributed by atoms with Gasteiger partial charge in [-0.15, -0.1) is 0 Å². The normalized spacial score (nSPS) is 21.5. The van der Waals surface area contributed by atoms with Crippen molar-refractivity contribution in [2.24, 2.45) is 5.92 Å². The van der Waals surface area contributed by atoms with Gasteiger partial charge in [0.15, 0.2) is 0 Å². The van der Waals surface area contributed by atoms with E-state index in [1.807, 2.05) is 0 Å². The van der Waals surface area contributed by atoms with Gasteiger partial charge in [-0.25, -0.2) is 0 Å². The summed E-state index contributed by atoms with van der Waals surface area (Å²) in [4.78, 5) is 0. The first-order valence-electron chi connectivity index (χ1n) is 4.93. The topological polar surface area (TPSA) is 0 Å².